The van der Waals surface area contributed by atoms with Crippen molar-refractivity contribution in [2.45, 2.75) is 13.5 Å². The second kappa shape index (κ2) is 6.01. The quantitative estimate of drug-likeness (QED) is 0.364. The van der Waals surface area contributed by atoms with Crippen molar-refractivity contribution in [2.24, 2.45) is 5.84 Å². The second-order valence-corrected chi connectivity index (χ2v) is 4.07. The molecule has 9 heteroatoms. The van der Waals surface area contributed by atoms with Crippen molar-refractivity contribution < 1.29 is 18.9 Å². The smallest absolute Gasteiger partial charge is 0.406 e. The lowest BCUT2D eigenvalue weighted by atomic mass is 10.2. The van der Waals surface area contributed by atoms with E-state index in [0.29, 0.717) is 11.3 Å². The number of nitrogen functional groups attached to an aromatic ring is 1. The fourth-order valence-corrected chi connectivity index (χ4v) is 1.64. The molecule has 0 atom stereocenters. The zero-order valence-corrected chi connectivity index (χ0v) is 11.0. The van der Waals surface area contributed by atoms with Gasteiger partial charge in [0.15, 0.2) is 5.76 Å². The van der Waals surface area contributed by atoms with Crippen molar-refractivity contribution in [1.82, 2.24) is 10.4 Å². The molecule has 0 saturated heterocycles. The molecular weight excluding hydrogens is 280 g/mol. The van der Waals surface area contributed by atoms with Crippen LogP contribution in [0.5, 0.6) is 5.75 Å². The van der Waals surface area contributed by atoms with E-state index in [0.717, 1.165) is 0 Å². The summed E-state index contributed by atoms with van der Waals surface area (Å²) >= 11 is 0. The minimum atomic E-state index is -0.634. The summed E-state index contributed by atoms with van der Waals surface area (Å²) in [6.45, 7) is 1.54. The standard InChI is InChI=1S/C12H12N4O5/c1-7-2-3-9(11(14-7)16(18)19)21-6-8-4-5-20-10(8)12(17)15-13/h2-5H,6,13H2,1H3,(H,15,17). The summed E-state index contributed by atoms with van der Waals surface area (Å²) in [5, 5.41) is 10.9. The monoisotopic (exact) mass is 292 g/mol. The zero-order valence-electron chi connectivity index (χ0n) is 11.0. The van der Waals surface area contributed by atoms with E-state index in [4.69, 9.17) is 15.0 Å². The van der Waals surface area contributed by atoms with Crippen LogP contribution in [0.25, 0.3) is 0 Å². The Hall–Kier alpha value is -2.94. The van der Waals surface area contributed by atoms with E-state index in [-0.39, 0.29) is 23.9 Å². The third-order valence-electron chi connectivity index (χ3n) is 2.62. The Bertz CT molecular complexity index is 682. The molecule has 0 spiro atoms. The van der Waals surface area contributed by atoms with Crippen molar-refractivity contribution in [2.75, 3.05) is 0 Å². The van der Waals surface area contributed by atoms with E-state index >= 15 is 0 Å². The predicted molar refractivity (Wildman–Crippen MR) is 70.3 cm³/mol. The third kappa shape index (κ3) is 3.15. The Morgan fingerprint density at radius 3 is 2.95 bits per heavy atom. The van der Waals surface area contributed by atoms with E-state index in [1.807, 2.05) is 5.43 Å². The first-order valence-electron chi connectivity index (χ1n) is 5.85. The van der Waals surface area contributed by atoms with Gasteiger partial charge in [0.1, 0.15) is 12.3 Å². The highest BCUT2D eigenvalue weighted by Crippen LogP contribution is 2.25. The molecule has 0 unspecified atom stereocenters. The average Bonchev–Trinajstić information content (AvgIpc) is 2.93. The van der Waals surface area contributed by atoms with E-state index in [9.17, 15) is 14.9 Å². The van der Waals surface area contributed by atoms with Crippen LogP contribution in [-0.4, -0.2) is 15.8 Å². The molecule has 3 N–H and O–H groups in total. The van der Waals surface area contributed by atoms with Crippen LogP contribution in [0.2, 0.25) is 0 Å². The zero-order chi connectivity index (χ0) is 15.4. The van der Waals surface area contributed by atoms with Gasteiger partial charge in [-0.1, -0.05) is 0 Å². The number of carbonyl (C=O) groups excluding carboxylic acids is 1. The molecule has 0 fully saturated rings. The number of pyridine rings is 1. The number of nitrogens with one attached hydrogen (secondary N) is 1. The van der Waals surface area contributed by atoms with Gasteiger partial charge >= 0.3 is 11.7 Å². The maximum atomic E-state index is 11.4. The van der Waals surface area contributed by atoms with Gasteiger partial charge < -0.3 is 19.3 Å². The van der Waals surface area contributed by atoms with Crippen molar-refractivity contribution >= 4 is 11.7 Å². The summed E-state index contributed by atoms with van der Waals surface area (Å²) in [4.78, 5) is 25.5. The minimum absolute atomic E-state index is 0.00547. The number of aromatic nitrogens is 1. The molecule has 9 nitrogen and oxygen atoms in total. The van der Waals surface area contributed by atoms with E-state index in [1.54, 1.807) is 13.0 Å². The number of furan rings is 1. The summed E-state index contributed by atoms with van der Waals surface area (Å²) in [7, 11) is 0. The first-order valence-corrected chi connectivity index (χ1v) is 5.85. The molecule has 2 aromatic rings. The summed E-state index contributed by atoms with van der Waals surface area (Å²) in [5.74, 6) is 4.01. The molecule has 1 amide bonds. The molecule has 110 valence electrons. The largest absolute Gasteiger partial charge is 0.481 e. The molecule has 0 aliphatic rings. The Morgan fingerprint density at radius 1 is 1.52 bits per heavy atom. The Kier molecular flexibility index (Phi) is 4.14. The van der Waals surface area contributed by atoms with E-state index in [1.165, 1.54) is 18.4 Å². The van der Waals surface area contributed by atoms with Gasteiger partial charge in [-0.2, -0.15) is 0 Å². The lowest BCUT2D eigenvalue weighted by molar-refractivity contribution is -0.390. The summed E-state index contributed by atoms with van der Waals surface area (Å²) in [5.41, 5.74) is 2.84. The van der Waals surface area contributed by atoms with Gasteiger partial charge in [-0.15, -0.1) is 0 Å². The number of nitro groups is 1. The maximum absolute atomic E-state index is 11.4. The molecule has 0 aliphatic heterocycles. The number of nitrogens with zero attached hydrogens (tertiary/aromatic N) is 2. The Morgan fingerprint density at radius 2 is 2.29 bits per heavy atom. The number of ether oxygens (including phenoxy) is 1. The molecule has 2 heterocycles. The van der Waals surface area contributed by atoms with Crippen molar-refractivity contribution in [1.29, 1.82) is 0 Å². The summed E-state index contributed by atoms with van der Waals surface area (Å²) in [6.07, 6.45) is 1.30. The number of hydrogen-bond acceptors (Lipinski definition) is 7. The van der Waals surface area contributed by atoms with Crippen LogP contribution in [-0.2, 0) is 6.61 Å². The van der Waals surface area contributed by atoms with Gasteiger partial charge in [-0.3, -0.25) is 10.2 Å². The minimum Gasteiger partial charge on any atom is -0.481 e. The topological polar surface area (TPSA) is 134 Å². The van der Waals surface area contributed by atoms with Gasteiger partial charge in [0.2, 0.25) is 5.75 Å². The molecule has 0 aromatic carbocycles. The molecule has 0 radical (unpaired) electrons. The summed E-state index contributed by atoms with van der Waals surface area (Å²) < 4.78 is 10.3. The number of hydrogen-bond donors (Lipinski definition) is 2. The Labute approximate surface area is 118 Å². The molecule has 2 aromatic heterocycles. The van der Waals surface area contributed by atoms with Gasteiger partial charge in [-0.05, 0) is 28.1 Å². The van der Waals surface area contributed by atoms with Crippen LogP contribution >= 0.6 is 0 Å². The van der Waals surface area contributed by atoms with Crippen molar-refractivity contribution in [3.05, 3.63) is 51.6 Å². The molecule has 0 aliphatic carbocycles. The van der Waals surface area contributed by atoms with Crippen LogP contribution in [0.4, 0.5) is 5.82 Å². The highest BCUT2D eigenvalue weighted by Gasteiger charge is 2.20. The first-order chi connectivity index (χ1) is 10.0. The SMILES string of the molecule is Cc1ccc(OCc2ccoc2C(=O)NN)c([N+](=O)[O-])n1. The Balaban J connectivity index is 2.19. The molecule has 2 rings (SSSR count). The lowest BCUT2D eigenvalue weighted by Gasteiger charge is -2.06. The van der Waals surface area contributed by atoms with E-state index in [2.05, 4.69) is 4.98 Å². The fraction of sp³-hybridized carbons (Fsp3) is 0.167. The molecule has 21 heavy (non-hydrogen) atoms. The van der Waals surface area contributed by atoms with Crippen LogP contribution < -0.4 is 16.0 Å². The van der Waals surface area contributed by atoms with Crippen LogP contribution in [0.3, 0.4) is 0 Å². The normalized spacial score (nSPS) is 10.2. The number of nitrogens with two attached hydrogens (primary N) is 1. The first kappa shape index (κ1) is 14.5. The predicted octanol–water partition coefficient (Wildman–Crippen LogP) is 1.07. The second-order valence-electron chi connectivity index (χ2n) is 4.07. The average molecular weight is 292 g/mol. The lowest BCUT2D eigenvalue weighted by Crippen LogP contribution is -2.30. The van der Waals surface area contributed by atoms with Crippen molar-refractivity contribution in [3.8, 4) is 5.75 Å². The van der Waals surface area contributed by atoms with Crippen molar-refractivity contribution in [3.63, 3.8) is 0 Å². The molecular formula is C12H12N4O5. The fourth-order valence-electron chi connectivity index (χ4n) is 1.64. The van der Waals surface area contributed by atoms with Gasteiger partial charge in [0, 0.05) is 12.5 Å². The number of rotatable bonds is 5. The van der Waals surface area contributed by atoms with Crippen LogP contribution in [0.1, 0.15) is 21.8 Å². The maximum Gasteiger partial charge on any atom is 0.406 e. The van der Waals surface area contributed by atoms with Gasteiger partial charge in [0.05, 0.1) is 6.26 Å². The van der Waals surface area contributed by atoms with Crippen LogP contribution in [0, 0.1) is 17.0 Å². The molecule has 0 bridgehead atoms. The number of carbonyl (C=O) groups is 1. The summed E-state index contributed by atoms with van der Waals surface area (Å²) in [6, 6.07) is 4.55. The highest BCUT2D eigenvalue weighted by atomic mass is 16.6. The number of hydrazine groups is 1. The third-order valence-corrected chi connectivity index (χ3v) is 2.62. The number of aryl methyl sites for hydroxylation is 1. The van der Waals surface area contributed by atoms with E-state index < -0.39 is 10.8 Å². The molecule has 0 saturated carbocycles. The highest BCUT2D eigenvalue weighted by molar-refractivity contribution is 5.92. The van der Waals surface area contributed by atoms with Gasteiger partial charge in [0.25, 0.3) is 0 Å². The number of amides is 1. The van der Waals surface area contributed by atoms with Crippen LogP contribution in [0.15, 0.2) is 28.9 Å². The van der Waals surface area contributed by atoms with Gasteiger partial charge in [-0.25, -0.2) is 5.84 Å².